The van der Waals surface area contributed by atoms with Gasteiger partial charge in [0.15, 0.2) is 18.2 Å². The van der Waals surface area contributed by atoms with Crippen molar-refractivity contribution in [1.29, 1.82) is 0 Å². The number of aromatic amines is 1. The second kappa shape index (κ2) is 12.9. The maximum absolute atomic E-state index is 13.3. The molecule has 0 radical (unpaired) electrons. The predicted molar refractivity (Wildman–Crippen MR) is 174 cm³/mol. The number of carbonyl (C=O) groups excluding carboxylic acids is 1. The van der Waals surface area contributed by atoms with E-state index in [2.05, 4.69) is 50.0 Å². The summed E-state index contributed by atoms with van der Waals surface area (Å²) in [5.41, 5.74) is -1.19. The molecule has 12 nitrogen and oxygen atoms in total. The molecule has 3 saturated heterocycles. The number of aromatic nitrogens is 2. The fourth-order valence-electron chi connectivity index (χ4n) is 7.01. The number of fused-ring (bicyclic) bond motifs is 1. The van der Waals surface area contributed by atoms with Crippen LogP contribution in [0, 0.1) is 0 Å². The van der Waals surface area contributed by atoms with Gasteiger partial charge in [-0.2, -0.15) is 0 Å². The number of hydroxylamine groups is 2. The number of H-pyrrole nitrogens is 1. The fraction of sp³-hybridized carbons (Fsp3) is 0.500. The summed E-state index contributed by atoms with van der Waals surface area (Å²) in [6, 6.07) is 21.0. The van der Waals surface area contributed by atoms with Crippen molar-refractivity contribution >= 4 is 24.7 Å². The van der Waals surface area contributed by atoms with Gasteiger partial charge in [-0.1, -0.05) is 81.4 Å². The molecule has 0 aliphatic carbocycles. The van der Waals surface area contributed by atoms with E-state index in [9.17, 15) is 14.4 Å². The van der Waals surface area contributed by atoms with Crippen LogP contribution in [0.5, 0.6) is 0 Å². The van der Waals surface area contributed by atoms with E-state index in [0.717, 1.165) is 10.4 Å². The zero-order valence-corrected chi connectivity index (χ0v) is 28.6. The van der Waals surface area contributed by atoms with Crippen molar-refractivity contribution in [3.63, 3.8) is 0 Å². The molecular weight excluding hydrogens is 622 g/mol. The first-order valence-electron chi connectivity index (χ1n) is 16.0. The van der Waals surface area contributed by atoms with Crippen molar-refractivity contribution in [2.24, 2.45) is 0 Å². The molecule has 4 heterocycles. The number of carbonyl (C=O) groups is 1. The van der Waals surface area contributed by atoms with Crippen LogP contribution in [0.3, 0.4) is 0 Å². The maximum atomic E-state index is 13.3. The third-order valence-electron chi connectivity index (χ3n) is 8.95. The van der Waals surface area contributed by atoms with Gasteiger partial charge in [0.05, 0.1) is 13.2 Å². The molecular formula is C34H43N3O9Si. The summed E-state index contributed by atoms with van der Waals surface area (Å²) >= 11 is 0. The Kier molecular flexibility index (Phi) is 9.17. The Morgan fingerprint density at radius 3 is 2.17 bits per heavy atom. The van der Waals surface area contributed by atoms with Crippen LogP contribution in [-0.4, -0.2) is 78.5 Å². The van der Waals surface area contributed by atoms with Crippen molar-refractivity contribution in [3.05, 3.63) is 93.8 Å². The van der Waals surface area contributed by atoms with Crippen LogP contribution in [0.1, 0.15) is 54.2 Å². The maximum Gasteiger partial charge on any atom is 0.330 e. The molecule has 0 spiro atoms. The van der Waals surface area contributed by atoms with Crippen LogP contribution < -0.4 is 21.6 Å². The Hall–Kier alpha value is -3.43. The highest BCUT2D eigenvalue weighted by Gasteiger charge is 2.61. The van der Waals surface area contributed by atoms with Crippen molar-refractivity contribution < 1.29 is 33.0 Å². The number of hydrogen-bond donors (Lipinski definition) is 1. The van der Waals surface area contributed by atoms with E-state index in [1.54, 1.807) is 6.92 Å². The number of nitrogens with zero attached hydrogens (tertiary/aromatic N) is 2. The number of rotatable bonds is 9. The molecule has 1 N–H and O–H groups in total. The standard InChI is InChI=1S/C34H43N3O9Si/c1-7-41-31(39)24-20-27(36-19-18-26(38)35-32(36)40)46-37(24)30-29-28(44-34(5,6)45-29)25(43-30)21-42-47(33(2,3)4,22-14-10-8-11-15-22)23-16-12-9-13-17-23/h8-19,24-25,27-30H,7,20-21H2,1-6H3,(H,35,38,40)/t24-,25-,27-,28-,29-,30-/m1/s1. The predicted octanol–water partition coefficient (Wildman–Crippen LogP) is 2.43. The van der Waals surface area contributed by atoms with E-state index < -0.39 is 68.1 Å². The van der Waals surface area contributed by atoms with Gasteiger partial charge in [-0.05, 0) is 36.2 Å². The highest BCUT2D eigenvalue weighted by Crippen LogP contribution is 2.44. The average Bonchev–Trinajstić information content (AvgIpc) is 3.69. The van der Waals surface area contributed by atoms with Crippen molar-refractivity contribution in [3.8, 4) is 0 Å². The highest BCUT2D eigenvalue weighted by atomic mass is 28.4. The summed E-state index contributed by atoms with van der Waals surface area (Å²) in [5, 5.41) is 3.43. The molecule has 6 rings (SSSR count). The molecule has 3 aliphatic heterocycles. The molecule has 0 saturated carbocycles. The van der Waals surface area contributed by atoms with E-state index in [4.69, 9.17) is 28.2 Å². The first kappa shape index (κ1) is 33.5. The van der Waals surface area contributed by atoms with Gasteiger partial charge < -0.3 is 23.4 Å². The average molecular weight is 666 g/mol. The van der Waals surface area contributed by atoms with Crippen LogP contribution in [0.4, 0.5) is 0 Å². The van der Waals surface area contributed by atoms with E-state index in [1.807, 2.05) is 50.2 Å². The van der Waals surface area contributed by atoms with Gasteiger partial charge >= 0.3 is 11.7 Å². The minimum absolute atomic E-state index is 0.0789. The minimum Gasteiger partial charge on any atom is -0.465 e. The Labute approximate surface area is 274 Å². The Bertz CT molecular complexity index is 1630. The second-order valence-corrected chi connectivity index (χ2v) is 17.9. The van der Waals surface area contributed by atoms with Crippen LogP contribution in [0.2, 0.25) is 5.04 Å². The first-order valence-corrected chi connectivity index (χ1v) is 17.9. The summed E-state index contributed by atoms with van der Waals surface area (Å²) in [6.45, 7) is 12.4. The van der Waals surface area contributed by atoms with Crippen LogP contribution >= 0.6 is 0 Å². The van der Waals surface area contributed by atoms with E-state index >= 15 is 0 Å². The zero-order valence-electron chi connectivity index (χ0n) is 27.6. The number of ether oxygens (including phenoxy) is 4. The smallest absolute Gasteiger partial charge is 0.330 e. The lowest BCUT2D eigenvalue weighted by molar-refractivity contribution is -0.293. The van der Waals surface area contributed by atoms with E-state index in [0.29, 0.717) is 0 Å². The first-order chi connectivity index (χ1) is 22.3. The minimum atomic E-state index is -2.92. The number of esters is 1. The Balaban J connectivity index is 1.34. The fourth-order valence-corrected chi connectivity index (χ4v) is 11.6. The van der Waals surface area contributed by atoms with Crippen LogP contribution in [0.15, 0.2) is 82.5 Å². The van der Waals surface area contributed by atoms with Crippen molar-refractivity contribution in [2.75, 3.05) is 13.2 Å². The zero-order chi connectivity index (χ0) is 33.6. The summed E-state index contributed by atoms with van der Waals surface area (Å²) in [7, 11) is -2.92. The highest BCUT2D eigenvalue weighted by molar-refractivity contribution is 6.99. The molecule has 6 atom stereocenters. The van der Waals surface area contributed by atoms with Gasteiger partial charge in [0.2, 0.25) is 0 Å². The summed E-state index contributed by atoms with van der Waals surface area (Å²) < 4.78 is 33.3. The van der Waals surface area contributed by atoms with Gasteiger partial charge in [-0.25, -0.2) is 4.79 Å². The molecule has 0 bridgehead atoms. The lowest BCUT2D eigenvalue weighted by Crippen LogP contribution is -2.67. The molecule has 2 aromatic carbocycles. The molecule has 252 valence electrons. The third kappa shape index (κ3) is 6.29. The summed E-state index contributed by atoms with van der Waals surface area (Å²) in [6.07, 6.45) is -2.17. The van der Waals surface area contributed by atoms with E-state index in [-0.39, 0.29) is 24.7 Å². The Morgan fingerprint density at radius 1 is 0.979 bits per heavy atom. The molecule has 1 aromatic heterocycles. The molecule has 47 heavy (non-hydrogen) atoms. The number of benzene rings is 2. The third-order valence-corrected chi connectivity index (χ3v) is 14.0. The number of hydrogen-bond acceptors (Lipinski definition) is 10. The molecule has 3 aliphatic rings. The molecule has 13 heteroatoms. The summed E-state index contributed by atoms with van der Waals surface area (Å²) in [4.78, 5) is 46.2. The lowest BCUT2D eigenvalue weighted by atomic mass is 10.1. The normalized spacial score (nSPS) is 27.5. The van der Waals surface area contributed by atoms with Gasteiger partial charge in [-0.3, -0.25) is 24.0 Å². The summed E-state index contributed by atoms with van der Waals surface area (Å²) in [5.74, 6) is -1.47. The second-order valence-electron chi connectivity index (χ2n) is 13.5. The largest absolute Gasteiger partial charge is 0.465 e. The van der Waals surface area contributed by atoms with Gasteiger partial charge in [0.1, 0.15) is 24.4 Å². The molecule has 3 fully saturated rings. The monoisotopic (exact) mass is 665 g/mol. The SMILES string of the molecule is CCOC(=O)[C@H]1C[C@H](n2ccc(=O)[nH]c2=O)ON1[C@@H]1O[C@H](CO[Si](c2ccccc2)(c2ccccc2)C(C)(C)C)[C@H]2OC(C)(C)O[C@H]21. The van der Waals surface area contributed by atoms with Gasteiger partial charge in [0.25, 0.3) is 13.9 Å². The molecule has 3 aromatic rings. The van der Waals surface area contributed by atoms with E-state index in [1.165, 1.54) is 21.9 Å². The molecule has 0 amide bonds. The lowest BCUT2D eigenvalue weighted by Gasteiger charge is -2.43. The van der Waals surface area contributed by atoms with Gasteiger partial charge in [-0.15, -0.1) is 5.06 Å². The van der Waals surface area contributed by atoms with Gasteiger partial charge in [0, 0.05) is 18.7 Å². The molecule has 0 unspecified atom stereocenters. The topological polar surface area (TPSA) is 131 Å². The quantitative estimate of drug-likeness (QED) is 0.269. The van der Waals surface area contributed by atoms with Crippen LogP contribution in [0.25, 0.3) is 0 Å². The van der Waals surface area contributed by atoms with Crippen LogP contribution in [-0.2, 0) is 33.0 Å². The number of nitrogens with one attached hydrogen (secondary N) is 1. The van der Waals surface area contributed by atoms with Crippen molar-refractivity contribution in [1.82, 2.24) is 14.6 Å². The van der Waals surface area contributed by atoms with Crippen molar-refractivity contribution in [2.45, 2.75) is 95.6 Å². The Morgan fingerprint density at radius 2 is 1.60 bits per heavy atom.